The molecule has 0 aromatic heterocycles. The molecule has 1 aromatic carbocycles. The molecular weight excluding hydrogens is 258 g/mol. The maximum atomic E-state index is 9.82. The van der Waals surface area contributed by atoms with Crippen molar-refractivity contribution in [1.29, 1.82) is 0 Å². The molecule has 112 valence electrons. The summed E-state index contributed by atoms with van der Waals surface area (Å²) in [5.41, 5.74) is 1.03. The van der Waals surface area contributed by atoms with Crippen LogP contribution in [0.25, 0.3) is 0 Å². The Balaban J connectivity index is 1.99. The second-order valence-electron chi connectivity index (χ2n) is 5.07. The fourth-order valence-electron chi connectivity index (χ4n) is 2.25. The molecule has 1 saturated carbocycles. The number of benzene rings is 1. The molecule has 1 fully saturated rings. The lowest BCUT2D eigenvalue weighted by atomic mass is 10.1. The molecule has 1 aromatic rings. The Kier molecular flexibility index (Phi) is 5.09. The average Bonchev–Trinajstić information content (AvgIpc) is 3.30. The van der Waals surface area contributed by atoms with Crippen molar-refractivity contribution in [3.05, 3.63) is 17.7 Å². The van der Waals surface area contributed by atoms with Gasteiger partial charge in [0.05, 0.1) is 27.4 Å². The molecular formula is C15H23NO4. The molecule has 0 aliphatic heterocycles. The summed E-state index contributed by atoms with van der Waals surface area (Å²) in [6, 6.07) is 3.83. The van der Waals surface area contributed by atoms with E-state index in [2.05, 4.69) is 5.32 Å². The Bertz CT molecular complexity index is 420. The predicted molar refractivity (Wildman–Crippen MR) is 76.5 cm³/mol. The Labute approximate surface area is 119 Å². The zero-order valence-corrected chi connectivity index (χ0v) is 12.3. The Morgan fingerprint density at radius 1 is 1.15 bits per heavy atom. The van der Waals surface area contributed by atoms with E-state index >= 15 is 0 Å². The van der Waals surface area contributed by atoms with Crippen LogP contribution < -0.4 is 19.5 Å². The topological polar surface area (TPSA) is 60.0 Å². The van der Waals surface area contributed by atoms with E-state index in [0.717, 1.165) is 18.4 Å². The number of ether oxygens (including phenoxy) is 3. The van der Waals surface area contributed by atoms with Gasteiger partial charge in [0.15, 0.2) is 11.5 Å². The Hall–Kier alpha value is -1.46. The van der Waals surface area contributed by atoms with Gasteiger partial charge in [-0.15, -0.1) is 0 Å². The molecule has 2 N–H and O–H groups in total. The lowest BCUT2D eigenvalue weighted by molar-refractivity contribution is 0.148. The summed E-state index contributed by atoms with van der Waals surface area (Å²) in [5, 5.41) is 13.1. The first-order valence-electron chi connectivity index (χ1n) is 6.87. The quantitative estimate of drug-likeness (QED) is 0.757. The standard InChI is InChI=1S/C15H23NO4/c1-18-13-6-10(7-14(19-2)15(13)20-3)8-16-9-12(17)11-4-5-11/h6-7,11-12,16-17H,4-5,8-9H2,1-3H3/t12-/m1/s1. The smallest absolute Gasteiger partial charge is 0.203 e. The van der Waals surface area contributed by atoms with Gasteiger partial charge < -0.3 is 24.6 Å². The summed E-state index contributed by atoms with van der Waals surface area (Å²) in [4.78, 5) is 0. The molecule has 0 saturated heterocycles. The third-order valence-electron chi connectivity index (χ3n) is 3.57. The van der Waals surface area contributed by atoms with Crippen LogP contribution in [0.1, 0.15) is 18.4 Å². The Morgan fingerprint density at radius 3 is 2.20 bits per heavy atom. The highest BCUT2D eigenvalue weighted by Crippen LogP contribution is 2.38. The van der Waals surface area contributed by atoms with E-state index in [-0.39, 0.29) is 6.10 Å². The van der Waals surface area contributed by atoms with Crippen molar-refractivity contribution in [2.45, 2.75) is 25.5 Å². The van der Waals surface area contributed by atoms with Crippen LogP contribution in [0.4, 0.5) is 0 Å². The van der Waals surface area contributed by atoms with Crippen LogP contribution in [0.5, 0.6) is 17.2 Å². The van der Waals surface area contributed by atoms with Gasteiger partial charge in [0.2, 0.25) is 5.75 Å². The highest BCUT2D eigenvalue weighted by Gasteiger charge is 2.29. The van der Waals surface area contributed by atoms with Crippen LogP contribution in [0.3, 0.4) is 0 Å². The first kappa shape index (κ1) is 14.9. The van der Waals surface area contributed by atoms with Gasteiger partial charge >= 0.3 is 0 Å². The molecule has 5 heteroatoms. The first-order valence-corrected chi connectivity index (χ1v) is 6.87. The Morgan fingerprint density at radius 2 is 1.75 bits per heavy atom. The van der Waals surface area contributed by atoms with E-state index in [1.54, 1.807) is 21.3 Å². The van der Waals surface area contributed by atoms with Crippen molar-refractivity contribution < 1.29 is 19.3 Å². The minimum absolute atomic E-state index is 0.239. The molecule has 0 radical (unpaired) electrons. The highest BCUT2D eigenvalue weighted by molar-refractivity contribution is 5.53. The van der Waals surface area contributed by atoms with Crippen LogP contribution >= 0.6 is 0 Å². The maximum Gasteiger partial charge on any atom is 0.203 e. The van der Waals surface area contributed by atoms with Gasteiger partial charge in [-0.3, -0.25) is 0 Å². The normalized spacial score (nSPS) is 15.8. The molecule has 0 unspecified atom stereocenters. The SMILES string of the molecule is COc1cc(CNC[C@@H](O)C2CC2)cc(OC)c1OC. The van der Waals surface area contributed by atoms with E-state index < -0.39 is 0 Å². The molecule has 1 aliphatic carbocycles. The lowest BCUT2D eigenvalue weighted by Crippen LogP contribution is -2.27. The molecule has 1 atom stereocenters. The fraction of sp³-hybridized carbons (Fsp3) is 0.600. The summed E-state index contributed by atoms with van der Waals surface area (Å²) in [6.45, 7) is 1.27. The van der Waals surface area contributed by atoms with Gasteiger partial charge in [0.25, 0.3) is 0 Å². The summed E-state index contributed by atoms with van der Waals surface area (Å²) < 4.78 is 15.9. The molecule has 0 bridgehead atoms. The number of aliphatic hydroxyl groups is 1. The van der Waals surface area contributed by atoms with Crippen LogP contribution in [-0.2, 0) is 6.54 Å². The van der Waals surface area contributed by atoms with Crippen molar-refractivity contribution in [2.75, 3.05) is 27.9 Å². The minimum Gasteiger partial charge on any atom is -0.493 e. The third-order valence-corrected chi connectivity index (χ3v) is 3.57. The monoisotopic (exact) mass is 281 g/mol. The summed E-state index contributed by atoms with van der Waals surface area (Å²) in [5.74, 6) is 2.37. The van der Waals surface area contributed by atoms with Gasteiger partial charge in [-0.1, -0.05) is 0 Å². The van der Waals surface area contributed by atoms with Crippen molar-refractivity contribution in [3.8, 4) is 17.2 Å². The second kappa shape index (κ2) is 6.81. The molecule has 5 nitrogen and oxygen atoms in total. The second-order valence-corrected chi connectivity index (χ2v) is 5.07. The van der Waals surface area contributed by atoms with Gasteiger partial charge in [-0.25, -0.2) is 0 Å². The average molecular weight is 281 g/mol. The maximum absolute atomic E-state index is 9.82. The fourth-order valence-corrected chi connectivity index (χ4v) is 2.25. The number of aliphatic hydroxyl groups excluding tert-OH is 1. The van der Waals surface area contributed by atoms with E-state index in [4.69, 9.17) is 14.2 Å². The van der Waals surface area contributed by atoms with Gasteiger partial charge in [-0.05, 0) is 36.5 Å². The van der Waals surface area contributed by atoms with E-state index in [1.165, 1.54) is 0 Å². The molecule has 0 heterocycles. The number of methoxy groups -OCH3 is 3. The predicted octanol–water partition coefficient (Wildman–Crippen LogP) is 1.57. The van der Waals surface area contributed by atoms with Crippen LogP contribution in [0, 0.1) is 5.92 Å². The van der Waals surface area contributed by atoms with Crippen molar-refractivity contribution in [3.63, 3.8) is 0 Å². The zero-order chi connectivity index (χ0) is 14.5. The van der Waals surface area contributed by atoms with Crippen molar-refractivity contribution >= 4 is 0 Å². The van der Waals surface area contributed by atoms with E-state index in [0.29, 0.717) is 36.3 Å². The van der Waals surface area contributed by atoms with Crippen LogP contribution in [-0.4, -0.2) is 39.1 Å². The number of hydrogen-bond donors (Lipinski definition) is 2. The van der Waals surface area contributed by atoms with Crippen molar-refractivity contribution in [1.82, 2.24) is 5.32 Å². The number of hydrogen-bond acceptors (Lipinski definition) is 5. The number of rotatable bonds is 8. The molecule has 0 spiro atoms. The van der Waals surface area contributed by atoms with Crippen LogP contribution in [0.2, 0.25) is 0 Å². The molecule has 0 amide bonds. The number of nitrogens with one attached hydrogen (secondary N) is 1. The first-order chi connectivity index (χ1) is 9.69. The van der Waals surface area contributed by atoms with E-state index in [9.17, 15) is 5.11 Å². The van der Waals surface area contributed by atoms with Gasteiger partial charge in [-0.2, -0.15) is 0 Å². The van der Waals surface area contributed by atoms with Crippen LogP contribution in [0.15, 0.2) is 12.1 Å². The molecule has 20 heavy (non-hydrogen) atoms. The van der Waals surface area contributed by atoms with Gasteiger partial charge in [0.1, 0.15) is 0 Å². The minimum atomic E-state index is -0.239. The van der Waals surface area contributed by atoms with Crippen molar-refractivity contribution in [2.24, 2.45) is 5.92 Å². The third kappa shape index (κ3) is 3.55. The molecule has 2 rings (SSSR count). The lowest BCUT2D eigenvalue weighted by Gasteiger charge is -2.15. The zero-order valence-electron chi connectivity index (χ0n) is 12.3. The highest BCUT2D eigenvalue weighted by atomic mass is 16.5. The van der Waals surface area contributed by atoms with Gasteiger partial charge in [0, 0.05) is 13.1 Å². The van der Waals surface area contributed by atoms with E-state index in [1.807, 2.05) is 12.1 Å². The summed E-state index contributed by atoms with van der Waals surface area (Å²) >= 11 is 0. The largest absolute Gasteiger partial charge is 0.493 e. The summed E-state index contributed by atoms with van der Waals surface area (Å²) in [7, 11) is 4.79. The summed E-state index contributed by atoms with van der Waals surface area (Å²) in [6.07, 6.45) is 2.05. The molecule has 1 aliphatic rings.